The fourth-order valence-corrected chi connectivity index (χ4v) is 3.30. The molecule has 1 aliphatic heterocycles. The zero-order chi connectivity index (χ0) is 20.6. The monoisotopic (exact) mass is 444 g/mol. The number of nitrogens with zero attached hydrogens (tertiary/aromatic N) is 1. The molecule has 0 spiro atoms. The molecule has 7 nitrogen and oxygen atoms in total. The molecule has 3 rings (SSSR count). The van der Waals surface area contributed by atoms with E-state index in [-0.39, 0.29) is 17.1 Å². The number of imide groups is 2. The minimum Gasteiger partial charge on any atom is -0.503 e. The lowest BCUT2D eigenvalue weighted by molar-refractivity contribution is -0.122. The predicted molar refractivity (Wildman–Crippen MR) is 107 cm³/mol. The number of phenols is 1. The molecule has 0 saturated carbocycles. The smallest absolute Gasteiger partial charge is 0.335 e. The van der Waals surface area contributed by atoms with Crippen LogP contribution in [0.2, 0.25) is 0 Å². The largest absolute Gasteiger partial charge is 0.503 e. The highest BCUT2D eigenvalue weighted by atomic mass is 79.9. The van der Waals surface area contributed by atoms with Gasteiger partial charge in [0.2, 0.25) is 0 Å². The van der Waals surface area contributed by atoms with Crippen molar-refractivity contribution in [1.29, 1.82) is 0 Å². The number of aromatic hydroxyl groups is 1. The van der Waals surface area contributed by atoms with Crippen LogP contribution in [0.5, 0.6) is 11.5 Å². The van der Waals surface area contributed by atoms with E-state index in [2.05, 4.69) is 21.2 Å². The van der Waals surface area contributed by atoms with E-state index in [0.29, 0.717) is 15.7 Å². The second-order valence-corrected chi connectivity index (χ2v) is 7.16. The fourth-order valence-electron chi connectivity index (χ4n) is 2.84. The van der Waals surface area contributed by atoms with Gasteiger partial charge in [0.05, 0.1) is 17.3 Å². The topological polar surface area (TPSA) is 95.9 Å². The number of methoxy groups -OCH3 is 1. The first-order valence-corrected chi connectivity index (χ1v) is 9.07. The highest BCUT2D eigenvalue weighted by Crippen LogP contribution is 2.36. The summed E-state index contributed by atoms with van der Waals surface area (Å²) in [5.41, 5.74) is 2.23. The predicted octanol–water partition coefficient (Wildman–Crippen LogP) is 3.45. The third-order valence-corrected chi connectivity index (χ3v) is 4.89. The van der Waals surface area contributed by atoms with Crippen LogP contribution in [0.25, 0.3) is 6.08 Å². The normalized spacial score (nSPS) is 15.8. The lowest BCUT2D eigenvalue weighted by atomic mass is 10.0. The molecule has 0 aliphatic carbocycles. The quantitative estimate of drug-likeness (QED) is 0.558. The van der Waals surface area contributed by atoms with Gasteiger partial charge in [0.1, 0.15) is 5.57 Å². The summed E-state index contributed by atoms with van der Waals surface area (Å²) < 4.78 is 5.42. The van der Waals surface area contributed by atoms with E-state index in [1.54, 1.807) is 19.1 Å². The highest BCUT2D eigenvalue weighted by Gasteiger charge is 2.37. The van der Waals surface area contributed by atoms with Crippen LogP contribution in [0, 0.1) is 13.8 Å². The summed E-state index contributed by atoms with van der Waals surface area (Å²) in [7, 11) is 1.39. The van der Waals surface area contributed by atoms with Crippen molar-refractivity contribution in [2.45, 2.75) is 13.8 Å². The van der Waals surface area contributed by atoms with Crippen molar-refractivity contribution in [3.05, 3.63) is 57.1 Å². The van der Waals surface area contributed by atoms with Gasteiger partial charge in [-0.2, -0.15) is 0 Å². The van der Waals surface area contributed by atoms with Crippen molar-refractivity contribution in [3.8, 4) is 11.5 Å². The van der Waals surface area contributed by atoms with Crippen LogP contribution >= 0.6 is 15.9 Å². The molecule has 2 N–H and O–H groups in total. The van der Waals surface area contributed by atoms with Gasteiger partial charge in [-0.15, -0.1) is 0 Å². The third-order valence-electron chi connectivity index (χ3n) is 4.29. The molecule has 1 saturated heterocycles. The van der Waals surface area contributed by atoms with E-state index in [1.807, 2.05) is 13.0 Å². The van der Waals surface area contributed by atoms with Gasteiger partial charge in [-0.05, 0) is 70.7 Å². The Hall–Kier alpha value is -3.13. The number of carbonyl (C=O) groups excluding carboxylic acids is 3. The molecule has 144 valence electrons. The number of phenolic OH excluding ortho intramolecular Hbond substituents is 1. The van der Waals surface area contributed by atoms with Crippen LogP contribution in [0.3, 0.4) is 0 Å². The minimum atomic E-state index is -0.801. The number of urea groups is 1. The van der Waals surface area contributed by atoms with Gasteiger partial charge in [-0.25, -0.2) is 9.69 Å². The molecule has 2 aromatic carbocycles. The summed E-state index contributed by atoms with van der Waals surface area (Å²) in [6.07, 6.45) is 1.34. The number of hydrogen-bond acceptors (Lipinski definition) is 5. The number of anilines is 1. The first-order valence-electron chi connectivity index (χ1n) is 8.28. The SMILES string of the molecule is COc1cc(/C=C2\C(=O)NC(=O)N(c3cc(C)ccc3C)C2=O)cc(Br)c1O. The summed E-state index contributed by atoms with van der Waals surface area (Å²) >= 11 is 3.20. The molecule has 28 heavy (non-hydrogen) atoms. The lowest BCUT2D eigenvalue weighted by Crippen LogP contribution is -2.54. The number of halogens is 1. The van der Waals surface area contributed by atoms with Crippen LogP contribution < -0.4 is 15.0 Å². The second kappa shape index (κ2) is 7.47. The summed E-state index contributed by atoms with van der Waals surface area (Å²) in [6, 6.07) is 7.59. The van der Waals surface area contributed by atoms with Gasteiger partial charge >= 0.3 is 6.03 Å². The molecule has 8 heteroatoms. The van der Waals surface area contributed by atoms with Crippen molar-refractivity contribution in [1.82, 2.24) is 5.32 Å². The number of aryl methyl sites for hydroxylation is 2. The van der Waals surface area contributed by atoms with E-state index in [4.69, 9.17) is 4.74 Å². The first kappa shape index (κ1) is 19.6. The Morgan fingerprint density at radius 2 is 1.86 bits per heavy atom. The second-order valence-electron chi connectivity index (χ2n) is 6.30. The van der Waals surface area contributed by atoms with Crippen molar-refractivity contribution in [2.24, 2.45) is 0 Å². The molecule has 0 aromatic heterocycles. The number of carbonyl (C=O) groups is 3. The molecule has 1 aliphatic rings. The highest BCUT2D eigenvalue weighted by molar-refractivity contribution is 9.10. The molecule has 0 unspecified atom stereocenters. The van der Waals surface area contributed by atoms with Crippen LogP contribution in [0.1, 0.15) is 16.7 Å². The van der Waals surface area contributed by atoms with E-state index in [0.717, 1.165) is 16.0 Å². The average Bonchev–Trinajstić information content (AvgIpc) is 2.64. The maximum Gasteiger partial charge on any atom is 0.335 e. The van der Waals surface area contributed by atoms with Crippen LogP contribution in [0.15, 0.2) is 40.4 Å². The van der Waals surface area contributed by atoms with Gasteiger partial charge in [-0.3, -0.25) is 14.9 Å². The maximum atomic E-state index is 13.0. The molecule has 0 atom stereocenters. The summed E-state index contributed by atoms with van der Waals surface area (Å²) in [5.74, 6) is -1.45. The summed E-state index contributed by atoms with van der Waals surface area (Å²) in [5, 5.41) is 12.1. The van der Waals surface area contributed by atoms with Gasteiger partial charge in [0, 0.05) is 0 Å². The molecular weight excluding hydrogens is 428 g/mol. The van der Waals surface area contributed by atoms with Crippen LogP contribution in [-0.2, 0) is 9.59 Å². The van der Waals surface area contributed by atoms with Gasteiger partial charge in [0.15, 0.2) is 11.5 Å². The molecular formula is C20H17BrN2O5. The Kier molecular flexibility index (Phi) is 5.24. The van der Waals surface area contributed by atoms with Crippen molar-refractivity contribution in [3.63, 3.8) is 0 Å². The lowest BCUT2D eigenvalue weighted by Gasteiger charge is -2.27. The zero-order valence-electron chi connectivity index (χ0n) is 15.4. The first-order chi connectivity index (χ1) is 13.2. The molecule has 0 radical (unpaired) electrons. The summed E-state index contributed by atoms with van der Waals surface area (Å²) in [6.45, 7) is 3.62. The van der Waals surface area contributed by atoms with Gasteiger partial charge in [0.25, 0.3) is 11.8 Å². The maximum absolute atomic E-state index is 13.0. The van der Waals surface area contributed by atoms with E-state index >= 15 is 0 Å². The molecule has 4 amide bonds. The average molecular weight is 445 g/mol. The zero-order valence-corrected chi connectivity index (χ0v) is 17.0. The number of rotatable bonds is 3. The van der Waals surface area contributed by atoms with Gasteiger partial charge in [-0.1, -0.05) is 12.1 Å². The Labute approximate surface area is 169 Å². The van der Waals surface area contributed by atoms with Crippen molar-refractivity contribution >= 4 is 45.5 Å². The van der Waals surface area contributed by atoms with E-state index in [1.165, 1.54) is 25.3 Å². The number of ether oxygens (including phenoxy) is 1. The minimum absolute atomic E-state index is 0.101. The van der Waals surface area contributed by atoms with Crippen molar-refractivity contribution in [2.75, 3.05) is 12.0 Å². The molecule has 1 fully saturated rings. The van der Waals surface area contributed by atoms with Crippen LogP contribution in [0.4, 0.5) is 10.5 Å². The summed E-state index contributed by atoms with van der Waals surface area (Å²) in [4.78, 5) is 38.6. The number of benzene rings is 2. The Morgan fingerprint density at radius 1 is 1.14 bits per heavy atom. The molecule has 0 bridgehead atoms. The Morgan fingerprint density at radius 3 is 2.54 bits per heavy atom. The molecule has 1 heterocycles. The Bertz CT molecular complexity index is 1050. The third kappa shape index (κ3) is 3.50. The molecule has 2 aromatic rings. The van der Waals surface area contributed by atoms with Crippen LogP contribution in [-0.4, -0.2) is 30.1 Å². The van der Waals surface area contributed by atoms with E-state index < -0.39 is 17.8 Å². The fraction of sp³-hybridized carbons (Fsp3) is 0.150. The number of nitrogens with one attached hydrogen (secondary N) is 1. The van der Waals surface area contributed by atoms with Gasteiger partial charge < -0.3 is 9.84 Å². The van der Waals surface area contributed by atoms with E-state index in [9.17, 15) is 19.5 Å². The number of amides is 4. The number of hydrogen-bond donors (Lipinski definition) is 2. The standard InChI is InChI=1S/C20H17BrN2O5/c1-10-4-5-11(2)15(6-10)23-19(26)13(18(25)22-20(23)27)7-12-8-14(21)17(24)16(9-12)28-3/h4-9,24H,1-3H3,(H,22,25,27)/b13-7+. The Balaban J connectivity index is 2.09. The number of barbiturate groups is 1. The van der Waals surface area contributed by atoms with Crippen molar-refractivity contribution < 1.29 is 24.2 Å².